The van der Waals surface area contributed by atoms with Gasteiger partial charge in [-0.05, 0) is 49.4 Å². The molecule has 2 nitrogen and oxygen atoms in total. The van der Waals surface area contributed by atoms with E-state index < -0.39 is 0 Å². The number of hydrogen-bond acceptors (Lipinski definition) is 2. The van der Waals surface area contributed by atoms with Gasteiger partial charge in [-0.1, -0.05) is 36.7 Å². The van der Waals surface area contributed by atoms with Crippen molar-refractivity contribution in [2.45, 2.75) is 32.6 Å². The van der Waals surface area contributed by atoms with E-state index in [0.29, 0.717) is 35.5 Å². The zero-order chi connectivity index (χ0) is 13.7. The van der Waals surface area contributed by atoms with Crippen LogP contribution in [0.1, 0.15) is 31.7 Å². The maximum absolute atomic E-state index is 12.1. The molecule has 1 aromatic carbocycles. The molecule has 0 saturated carbocycles. The molecular weight excluding hydrogens is 258 g/mol. The maximum atomic E-state index is 12.1. The zero-order valence-electron chi connectivity index (χ0n) is 11.5. The monoisotopic (exact) mass is 279 g/mol. The summed E-state index contributed by atoms with van der Waals surface area (Å²) in [5.41, 5.74) is 0.947. The summed E-state index contributed by atoms with van der Waals surface area (Å²) >= 11 is 6.09. The first-order valence-electron chi connectivity index (χ1n) is 7.12. The molecule has 104 valence electrons. The number of rotatable bonds is 5. The van der Waals surface area contributed by atoms with Gasteiger partial charge in [-0.25, -0.2) is 0 Å². The van der Waals surface area contributed by atoms with E-state index in [0.717, 1.165) is 18.7 Å². The van der Waals surface area contributed by atoms with Crippen LogP contribution < -0.4 is 5.32 Å². The number of Topliss-reactive ketones (excluding diaryl/α,β-unsaturated/α-hetero) is 1. The highest BCUT2D eigenvalue weighted by molar-refractivity contribution is 6.31. The van der Waals surface area contributed by atoms with Gasteiger partial charge in [-0.2, -0.15) is 0 Å². The van der Waals surface area contributed by atoms with E-state index in [4.69, 9.17) is 11.6 Å². The summed E-state index contributed by atoms with van der Waals surface area (Å²) in [7, 11) is 0. The van der Waals surface area contributed by atoms with E-state index in [1.807, 2.05) is 24.3 Å². The van der Waals surface area contributed by atoms with E-state index in [1.54, 1.807) is 0 Å². The smallest absolute Gasteiger partial charge is 0.137 e. The van der Waals surface area contributed by atoms with Gasteiger partial charge >= 0.3 is 0 Å². The molecule has 0 spiro atoms. The number of nitrogens with one attached hydrogen (secondary N) is 1. The highest BCUT2D eigenvalue weighted by Gasteiger charge is 2.22. The summed E-state index contributed by atoms with van der Waals surface area (Å²) < 4.78 is 0. The van der Waals surface area contributed by atoms with E-state index in [2.05, 4.69) is 12.2 Å². The van der Waals surface area contributed by atoms with Crippen molar-refractivity contribution in [1.29, 1.82) is 0 Å². The van der Waals surface area contributed by atoms with Crippen molar-refractivity contribution < 1.29 is 4.79 Å². The molecule has 2 atom stereocenters. The van der Waals surface area contributed by atoms with E-state index in [9.17, 15) is 4.79 Å². The van der Waals surface area contributed by atoms with Gasteiger partial charge in [-0.3, -0.25) is 4.79 Å². The lowest BCUT2D eigenvalue weighted by atomic mass is 9.83. The van der Waals surface area contributed by atoms with Crippen LogP contribution >= 0.6 is 11.6 Å². The number of hydrogen-bond donors (Lipinski definition) is 1. The Kier molecular flexibility index (Phi) is 5.41. The fourth-order valence-electron chi connectivity index (χ4n) is 2.82. The zero-order valence-corrected chi connectivity index (χ0v) is 12.2. The van der Waals surface area contributed by atoms with Crippen molar-refractivity contribution in [3.05, 3.63) is 34.9 Å². The Morgan fingerprint density at radius 1 is 1.47 bits per heavy atom. The van der Waals surface area contributed by atoms with Crippen LogP contribution in [0.3, 0.4) is 0 Å². The van der Waals surface area contributed by atoms with Gasteiger partial charge in [0.1, 0.15) is 5.78 Å². The molecule has 1 fully saturated rings. The van der Waals surface area contributed by atoms with Crippen LogP contribution in [-0.2, 0) is 11.2 Å². The Hall–Kier alpha value is -0.860. The van der Waals surface area contributed by atoms with Crippen LogP contribution in [0.2, 0.25) is 5.02 Å². The standard InChI is InChI=1S/C16H22ClNO/c1-12(14-6-4-8-18-11-14)9-15(19)10-13-5-2-3-7-16(13)17/h2-3,5,7,12,14,18H,4,6,8-11H2,1H3. The van der Waals surface area contributed by atoms with Gasteiger partial charge < -0.3 is 5.32 Å². The topological polar surface area (TPSA) is 29.1 Å². The molecule has 1 N–H and O–H groups in total. The minimum Gasteiger partial charge on any atom is -0.316 e. The average Bonchev–Trinajstić information content (AvgIpc) is 2.42. The van der Waals surface area contributed by atoms with Crippen molar-refractivity contribution in [2.75, 3.05) is 13.1 Å². The quantitative estimate of drug-likeness (QED) is 0.894. The summed E-state index contributed by atoms with van der Waals surface area (Å²) in [6.45, 7) is 4.37. The molecule has 1 saturated heterocycles. The summed E-state index contributed by atoms with van der Waals surface area (Å²) in [6, 6.07) is 7.61. The summed E-state index contributed by atoms with van der Waals surface area (Å²) in [5.74, 6) is 1.40. The fourth-order valence-corrected chi connectivity index (χ4v) is 3.02. The molecule has 1 aliphatic heterocycles. The van der Waals surface area contributed by atoms with Crippen LogP contribution in [0.25, 0.3) is 0 Å². The summed E-state index contributed by atoms with van der Waals surface area (Å²) in [4.78, 5) is 12.1. The van der Waals surface area contributed by atoms with E-state index >= 15 is 0 Å². The predicted molar refractivity (Wildman–Crippen MR) is 79.5 cm³/mol. The Labute approximate surface area is 120 Å². The van der Waals surface area contributed by atoms with Crippen molar-refractivity contribution in [3.8, 4) is 0 Å². The van der Waals surface area contributed by atoms with Gasteiger partial charge in [0.25, 0.3) is 0 Å². The van der Waals surface area contributed by atoms with Crippen molar-refractivity contribution in [3.63, 3.8) is 0 Å². The number of piperidine rings is 1. The second-order valence-electron chi connectivity index (χ2n) is 5.59. The highest BCUT2D eigenvalue weighted by atomic mass is 35.5. The van der Waals surface area contributed by atoms with Gasteiger partial charge in [0.15, 0.2) is 0 Å². The van der Waals surface area contributed by atoms with Crippen LogP contribution in [-0.4, -0.2) is 18.9 Å². The molecule has 19 heavy (non-hydrogen) atoms. The Morgan fingerprint density at radius 2 is 2.26 bits per heavy atom. The van der Waals surface area contributed by atoms with Crippen LogP contribution in [0.4, 0.5) is 0 Å². The molecule has 0 aromatic heterocycles. The molecule has 1 heterocycles. The second kappa shape index (κ2) is 7.06. The maximum Gasteiger partial charge on any atom is 0.137 e. The minimum atomic E-state index is 0.297. The van der Waals surface area contributed by atoms with Gasteiger partial charge in [0.2, 0.25) is 0 Å². The Balaban J connectivity index is 1.85. The normalized spacial score (nSPS) is 21.1. The van der Waals surface area contributed by atoms with Gasteiger partial charge in [0, 0.05) is 17.9 Å². The van der Waals surface area contributed by atoms with Crippen molar-refractivity contribution in [2.24, 2.45) is 11.8 Å². The number of carbonyl (C=O) groups excluding carboxylic acids is 1. The second-order valence-corrected chi connectivity index (χ2v) is 6.00. The van der Waals surface area contributed by atoms with E-state index in [-0.39, 0.29) is 0 Å². The summed E-state index contributed by atoms with van der Waals surface area (Å²) in [6.07, 6.45) is 3.60. The first-order chi connectivity index (χ1) is 9.16. The molecule has 3 heteroatoms. The molecule has 0 aliphatic carbocycles. The number of ketones is 1. The lowest BCUT2D eigenvalue weighted by molar-refractivity contribution is -0.119. The lowest BCUT2D eigenvalue weighted by Crippen LogP contribution is -2.34. The third-order valence-corrected chi connectivity index (χ3v) is 4.40. The third-order valence-electron chi connectivity index (χ3n) is 4.03. The van der Waals surface area contributed by atoms with Gasteiger partial charge in [-0.15, -0.1) is 0 Å². The minimum absolute atomic E-state index is 0.297. The fraction of sp³-hybridized carbons (Fsp3) is 0.562. The molecular formula is C16H22ClNO. The molecule has 1 aliphatic rings. The first-order valence-corrected chi connectivity index (χ1v) is 7.50. The molecule has 2 rings (SSSR count). The van der Waals surface area contributed by atoms with Crippen LogP contribution in [0, 0.1) is 11.8 Å². The van der Waals surface area contributed by atoms with Crippen molar-refractivity contribution in [1.82, 2.24) is 5.32 Å². The van der Waals surface area contributed by atoms with Crippen LogP contribution in [0.15, 0.2) is 24.3 Å². The molecule has 2 unspecified atom stereocenters. The first kappa shape index (κ1) is 14.5. The van der Waals surface area contributed by atoms with E-state index in [1.165, 1.54) is 12.8 Å². The molecule has 0 bridgehead atoms. The molecule has 1 aromatic rings. The third kappa shape index (κ3) is 4.32. The molecule has 0 radical (unpaired) electrons. The molecule has 0 amide bonds. The summed E-state index contributed by atoms with van der Waals surface area (Å²) in [5, 5.41) is 4.11. The lowest BCUT2D eigenvalue weighted by Gasteiger charge is -2.28. The number of carbonyl (C=O) groups is 1. The highest BCUT2D eigenvalue weighted by Crippen LogP contribution is 2.24. The number of halogens is 1. The predicted octanol–water partition coefficient (Wildman–Crippen LogP) is 3.48. The Morgan fingerprint density at radius 3 is 2.95 bits per heavy atom. The largest absolute Gasteiger partial charge is 0.316 e. The SMILES string of the molecule is CC(CC(=O)Cc1ccccc1Cl)C1CCCNC1. The van der Waals surface area contributed by atoms with Crippen LogP contribution in [0.5, 0.6) is 0 Å². The average molecular weight is 280 g/mol. The van der Waals surface area contributed by atoms with Gasteiger partial charge in [0.05, 0.1) is 0 Å². The Bertz CT molecular complexity index is 427. The number of benzene rings is 1. The van der Waals surface area contributed by atoms with Crippen molar-refractivity contribution >= 4 is 17.4 Å².